The summed E-state index contributed by atoms with van der Waals surface area (Å²) < 4.78 is 30.7. The molecule has 8 heteroatoms. The molecule has 0 bridgehead atoms. The molecule has 0 saturated heterocycles. The van der Waals surface area contributed by atoms with Crippen molar-refractivity contribution in [2.24, 2.45) is 7.05 Å². The predicted molar refractivity (Wildman–Crippen MR) is 99.6 cm³/mol. The summed E-state index contributed by atoms with van der Waals surface area (Å²) in [7, 11) is 1.50. The number of benzene rings is 1. The summed E-state index contributed by atoms with van der Waals surface area (Å²) in [6.45, 7) is 1.79. The zero-order chi connectivity index (χ0) is 18.2. The molecule has 0 aliphatic carbocycles. The van der Waals surface area contributed by atoms with Gasteiger partial charge in [-0.05, 0) is 49.7 Å². The maximum atomic E-state index is 12.5. The van der Waals surface area contributed by atoms with Crippen molar-refractivity contribution >= 4 is 36.4 Å². The summed E-state index contributed by atoms with van der Waals surface area (Å²) in [5, 5.41) is 4.95. The molecule has 0 aliphatic rings. The Bertz CT molecular complexity index is 815. The van der Waals surface area contributed by atoms with Crippen molar-refractivity contribution < 1.29 is 13.5 Å². The molecular formula is C16H19Cl2F2N2OP. The molecule has 0 amide bonds. The van der Waals surface area contributed by atoms with E-state index in [1.807, 2.05) is 19.1 Å². The Balaban J connectivity index is 2.57. The van der Waals surface area contributed by atoms with Gasteiger partial charge >= 0.3 is 6.61 Å². The molecule has 1 heterocycles. The Morgan fingerprint density at radius 1 is 1.33 bits per heavy atom. The topological polar surface area (TPSA) is 27.1 Å². The van der Waals surface area contributed by atoms with Crippen molar-refractivity contribution in [1.29, 1.82) is 0 Å². The molecule has 2 aromatic rings. The van der Waals surface area contributed by atoms with Crippen molar-refractivity contribution in [3.05, 3.63) is 33.3 Å². The third-order valence-electron chi connectivity index (χ3n) is 3.39. The first kappa shape index (κ1) is 19.3. The van der Waals surface area contributed by atoms with Gasteiger partial charge < -0.3 is 4.74 Å². The van der Waals surface area contributed by atoms with Gasteiger partial charge in [0.2, 0.25) is 5.88 Å². The lowest BCUT2D eigenvalue weighted by Crippen LogP contribution is -2.06. The summed E-state index contributed by atoms with van der Waals surface area (Å²) in [5.74, 6) is -0.164. The van der Waals surface area contributed by atoms with Gasteiger partial charge in [0.1, 0.15) is 10.7 Å². The first-order valence-corrected chi connectivity index (χ1v) is 10.9. The molecule has 3 nitrogen and oxygen atoms in total. The van der Waals surface area contributed by atoms with Crippen molar-refractivity contribution in [2.75, 3.05) is 13.3 Å². The van der Waals surface area contributed by atoms with Crippen molar-refractivity contribution in [3.63, 3.8) is 0 Å². The largest absolute Gasteiger partial charge is 0.416 e. The Hall–Kier alpha value is -1.03. The average Bonchev–Trinajstić information content (AvgIpc) is 2.68. The van der Waals surface area contributed by atoms with E-state index in [0.717, 1.165) is 22.9 Å². The summed E-state index contributed by atoms with van der Waals surface area (Å²) in [5.41, 5.74) is 2.94. The zero-order valence-corrected chi connectivity index (χ0v) is 16.3. The summed E-state index contributed by atoms with van der Waals surface area (Å²) in [6.07, 6.45) is 4.97. The smallest absolute Gasteiger partial charge is 0.388 e. The van der Waals surface area contributed by atoms with Crippen LogP contribution in [0, 0.1) is 6.92 Å². The molecule has 0 atom stereocenters. The Morgan fingerprint density at radius 3 is 2.50 bits per heavy atom. The fraction of sp³-hybridized carbons (Fsp3) is 0.375. The lowest BCUT2D eigenvalue weighted by atomic mass is 10.0. The van der Waals surface area contributed by atoms with Gasteiger partial charge in [0.15, 0.2) is 0 Å². The fourth-order valence-electron chi connectivity index (χ4n) is 2.42. The Kier molecular flexibility index (Phi) is 5.68. The van der Waals surface area contributed by atoms with Gasteiger partial charge in [0, 0.05) is 17.6 Å². The van der Waals surface area contributed by atoms with E-state index < -0.39 is 13.5 Å². The summed E-state index contributed by atoms with van der Waals surface area (Å²) in [4.78, 5) is 0. The second-order valence-electron chi connectivity index (χ2n) is 6.32. The molecule has 0 spiro atoms. The van der Waals surface area contributed by atoms with Gasteiger partial charge in [-0.15, -0.1) is 13.2 Å². The first-order valence-electron chi connectivity index (χ1n) is 7.13. The molecule has 132 valence electrons. The van der Waals surface area contributed by atoms with Crippen LogP contribution in [0.3, 0.4) is 0 Å². The quantitative estimate of drug-likeness (QED) is 0.624. The van der Waals surface area contributed by atoms with Crippen molar-refractivity contribution in [1.82, 2.24) is 9.78 Å². The van der Waals surface area contributed by atoms with Gasteiger partial charge in [-0.25, -0.2) is 4.68 Å². The maximum Gasteiger partial charge on any atom is 0.388 e. The molecular weight excluding hydrogens is 376 g/mol. The van der Waals surface area contributed by atoms with E-state index in [9.17, 15) is 8.78 Å². The van der Waals surface area contributed by atoms with Crippen LogP contribution in [0.2, 0.25) is 10.0 Å². The van der Waals surface area contributed by atoms with Crippen LogP contribution in [0.4, 0.5) is 8.78 Å². The Morgan fingerprint density at radius 2 is 1.96 bits per heavy atom. The second kappa shape index (κ2) is 7.07. The highest BCUT2D eigenvalue weighted by molar-refractivity contribution is 7.71. The first-order chi connectivity index (χ1) is 11.0. The van der Waals surface area contributed by atoms with Crippen LogP contribution in [0.1, 0.15) is 11.1 Å². The van der Waals surface area contributed by atoms with Crippen LogP contribution in [0.25, 0.3) is 11.3 Å². The molecule has 0 radical (unpaired) electrons. The lowest BCUT2D eigenvalue weighted by molar-refractivity contribution is -0.0552. The number of halogens is 4. The normalized spacial score (nSPS) is 12.0. The van der Waals surface area contributed by atoms with Crippen LogP contribution < -0.4 is 4.74 Å². The van der Waals surface area contributed by atoms with E-state index in [0.29, 0.717) is 10.7 Å². The standard InChI is InChI=1S/C16H19Cl2F2N2OP/c1-9-6-12(17)10(8-24(3,4)5)7-11(9)14-13(18)15(22(2)21-14)23-16(19)20/h6-7,16H,3,8H2,1-2,4-5H3. The number of hydrogen-bond acceptors (Lipinski definition) is 2. The number of rotatable bonds is 5. The van der Waals surface area contributed by atoms with Gasteiger partial charge in [-0.3, -0.25) is 0 Å². The molecule has 0 unspecified atom stereocenters. The highest BCUT2D eigenvalue weighted by atomic mass is 35.5. The third kappa shape index (κ3) is 4.33. The van der Waals surface area contributed by atoms with E-state index in [2.05, 4.69) is 29.5 Å². The highest BCUT2D eigenvalue weighted by Gasteiger charge is 2.22. The fourth-order valence-corrected chi connectivity index (χ4v) is 4.29. The van der Waals surface area contributed by atoms with Crippen LogP contribution in [0.15, 0.2) is 12.1 Å². The minimum atomic E-state index is -2.97. The molecule has 0 saturated carbocycles. The molecule has 0 fully saturated rings. The van der Waals surface area contributed by atoms with Crippen LogP contribution in [-0.2, 0) is 13.2 Å². The molecule has 1 aromatic carbocycles. The monoisotopic (exact) mass is 394 g/mol. The molecule has 0 aliphatic heterocycles. The van der Waals surface area contributed by atoms with Crippen molar-refractivity contribution in [2.45, 2.75) is 19.7 Å². The van der Waals surface area contributed by atoms with E-state index in [1.165, 1.54) is 11.7 Å². The average molecular weight is 395 g/mol. The van der Waals surface area contributed by atoms with E-state index in [-0.39, 0.29) is 10.9 Å². The number of hydrogen-bond donors (Lipinski definition) is 0. The second-order valence-corrected chi connectivity index (χ2v) is 11.3. The number of alkyl halides is 2. The van der Waals surface area contributed by atoms with Crippen LogP contribution >= 0.6 is 30.1 Å². The van der Waals surface area contributed by atoms with Gasteiger partial charge in [0.05, 0.1) is 0 Å². The SMILES string of the molecule is C=P(C)(C)Cc1cc(-c2nn(C)c(OC(F)F)c2Cl)c(C)cc1Cl. The van der Waals surface area contributed by atoms with Crippen LogP contribution in [0.5, 0.6) is 5.88 Å². The molecule has 2 rings (SSSR count). The van der Waals surface area contributed by atoms with E-state index in [4.69, 9.17) is 23.2 Å². The van der Waals surface area contributed by atoms with E-state index >= 15 is 0 Å². The minimum Gasteiger partial charge on any atom is -0.416 e. The molecule has 0 N–H and O–H groups in total. The zero-order valence-electron chi connectivity index (χ0n) is 13.9. The summed E-state index contributed by atoms with van der Waals surface area (Å²) >= 11 is 12.6. The molecule has 1 aromatic heterocycles. The lowest BCUT2D eigenvalue weighted by Gasteiger charge is -2.16. The predicted octanol–water partition coefficient (Wildman–Crippen LogP) is 5.51. The number of ether oxygens (including phenoxy) is 1. The van der Waals surface area contributed by atoms with Gasteiger partial charge in [0.25, 0.3) is 0 Å². The van der Waals surface area contributed by atoms with Gasteiger partial charge in [-0.1, -0.05) is 23.2 Å². The number of aryl methyl sites for hydroxylation is 2. The van der Waals surface area contributed by atoms with E-state index in [1.54, 1.807) is 0 Å². The minimum absolute atomic E-state index is 0.0536. The number of aromatic nitrogens is 2. The van der Waals surface area contributed by atoms with Gasteiger partial charge in [-0.2, -0.15) is 13.9 Å². The summed E-state index contributed by atoms with van der Waals surface area (Å²) in [6, 6.07) is 3.74. The third-order valence-corrected chi connectivity index (χ3v) is 5.28. The maximum absolute atomic E-state index is 12.5. The Labute approximate surface area is 150 Å². The molecule has 24 heavy (non-hydrogen) atoms. The number of nitrogens with zero attached hydrogens (tertiary/aromatic N) is 2. The van der Waals surface area contributed by atoms with Crippen LogP contribution in [-0.4, -0.2) is 36.0 Å². The highest BCUT2D eigenvalue weighted by Crippen LogP contribution is 2.44. The van der Waals surface area contributed by atoms with Crippen molar-refractivity contribution in [3.8, 4) is 17.1 Å².